The SMILES string of the molecule is CN(C)c1ccccc1[O-].[Cl-].[Cl-].[Zr+3]. The van der Waals surface area contributed by atoms with Gasteiger partial charge in [-0.3, -0.25) is 0 Å². The van der Waals surface area contributed by atoms with Gasteiger partial charge in [-0.05, 0) is 6.07 Å². The minimum atomic E-state index is 0. The van der Waals surface area contributed by atoms with E-state index >= 15 is 0 Å². The summed E-state index contributed by atoms with van der Waals surface area (Å²) in [6.45, 7) is 0. The standard InChI is InChI=1S/C8H11NO.2ClH.Zr/c1-9(2)7-5-3-4-6-8(7)10;;;/h3-6,10H,1-2H3;2*1H;/q;;;+3/p-3. The van der Waals surface area contributed by atoms with Gasteiger partial charge in [-0.15, -0.1) is 0 Å². The molecule has 13 heavy (non-hydrogen) atoms. The fourth-order valence-electron chi connectivity index (χ4n) is 0.827. The predicted molar refractivity (Wildman–Crippen MR) is 40.2 cm³/mol. The third-order valence-electron chi connectivity index (χ3n) is 1.35. The molecule has 71 valence electrons. The van der Waals surface area contributed by atoms with Gasteiger partial charge in [0, 0.05) is 19.8 Å². The van der Waals surface area contributed by atoms with Crippen LogP contribution >= 0.6 is 0 Å². The van der Waals surface area contributed by atoms with Crippen molar-refractivity contribution in [3.63, 3.8) is 0 Å². The number of rotatable bonds is 1. The summed E-state index contributed by atoms with van der Waals surface area (Å²) in [5.74, 6) is 0.0764. The molecule has 0 spiro atoms. The number of anilines is 1. The second-order valence-electron chi connectivity index (χ2n) is 2.36. The van der Waals surface area contributed by atoms with Gasteiger partial charge in [0.1, 0.15) is 0 Å². The van der Waals surface area contributed by atoms with Gasteiger partial charge in [-0.2, -0.15) is 0 Å². The number of nitrogens with zero attached hydrogens (tertiary/aromatic N) is 1. The zero-order chi connectivity index (χ0) is 7.56. The first-order valence-corrected chi connectivity index (χ1v) is 3.15. The minimum absolute atomic E-state index is 0. The van der Waals surface area contributed by atoms with Crippen LogP contribution in [0.15, 0.2) is 24.3 Å². The molecule has 0 aliphatic carbocycles. The largest absolute Gasteiger partial charge is 3.00 e. The summed E-state index contributed by atoms with van der Waals surface area (Å²) in [5, 5.41) is 11.0. The Bertz CT molecular complexity index is 233. The summed E-state index contributed by atoms with van der Waals surface area (Å²) in [6.07, 6.45) is 0. The maximum absolute atomic E-state index is 11.0. The molecule has 0 heterocycles. The number of hydrogen-bond donors (Lipinski definition) is 0. The third-order valence-corrected chi connectivity index (χ3v) is 1.35. The van der Waals surface area contributed by atoms with Crippen molar-refractivity contribution in [3.8, 4) is 5.75 Å². The van der Waals surface area contributed by atoms with E-state index in [0.717, 1.165) is 5.69 Å². The molecule has 0 aliphatic rings. The average molecular weight is 298 g/mol. The average Bonchev–Trinajstić information content (AvgIpc) is 1.88. The first-order valence-electron chi connectivity index (χ1n) is 3.15. The molecule has 5 heteroatoms. The molecule has 0 aliphatic heterocycles. The second kappa shape index (κ2) is 8.86. The van der Waals surface area contributed by atoms with Crippen molar-refractivity contribution in [1.82, 2.24) is 0 Å². The summed E-state index contributed by atoms with van der Waals surface area (Å²) in [5.41, 5.74) is 0.738. The van der Waals surface area contributed by atoms with Crippen molar-refractivity contribution >= 4 is 5.69 Å². The molecule has 1 aromatic rings. The van der Waals surface area contributed by atoms with Crippen molar-refractivity contribution in [2.24, 2.45) is 0 Å². The van der Waals surface area contributed by atoms with Gasteiger partial charge < -0.3 is 34.8 Å². The number of benzene rings is 1. The third kappa shape index (κ3) is 5.56. The summed E-state index contributed by atoms with van der Waals surface area (Å²) >= 11 is 0. The molecular weight excluding hydrogens is 288 g/mol. The molecule has 0 saturated carbocycles. The van der Waals surface area contributed by atoms with Crippen LogP contribution < -0.4 is 34.8 Å². The molecule has 2 nitrogen and oxygen atoms in total. The Balaban J connectivity index is -0.000000333. The Morgan fingerprint density at radius 2 is 1.54 bits per heavy atom. The quantitative estimate of drug-likeness (QED) is 0.518. The smallest absolute Gasteiger partial charge is 1.00 e. The van der Waals surface area contributed by atoms with Gasteiger partial charge in [0.25, 0.3) is 0 Å². The van der Waals surface area contributed by atoms with E-state index in [1.807, 2.05) is 31.1 Å². The number of para-hydroxylation sites is 2. The van der Waals surface area contributed by atoms with Crippen LogP contribution in [0.1, 0.15) is 0 Å². The number of halogens is 2. The second-order valence-corrected chi connectivity index (χ2v) is 2.36. The zero-order valence-electron chi connectivity index (χ0n) is 7.42. The van der Waals surface area contributed by atoms with E-state index in [-0.39, 0.29) is 56.8 Å². The molecule has 1 aromatic carbocycles. The summed E-state index contributed by atoms with van der Waals surface area (Å²) in [6, 6.07) is 6.98. The van der Waals surface area contributed by atoms with Crippen LogP contribution in [0.2, 0.25) is 0 Å². The van der Waals surface area contributed by atoms with Gasteiger partial charge in [0.05, 0.1) is 0 Å². The molecule has 0 aromatic heterocycles. The van der Waals surface area contributed by atoms with Gasteiger partial charge >= 0.3 is 26.2 Å². The number of hydrogen-bond acceptors (Lipinski definition) is 2. The van der Waals surface area contributed by atoms with E-state index in [1.54, 1.807) is 12.1 Å². The monoisotopic (exact) mass is 296 g/mol. The van der Waals surface area contributed by atoms with E-state index in [0.29, 0.717) is 0 Å². The van der Waals surface area contributed by atoms with Crippen molar-refractivity contribution in [2.45, 2.75) is 0 Å². The molecule has 0 fully saturated rings. The van der Waals surface area contributed by atoms with Crippen LogP contribution in [0.4, 0.5) is 5.69 Å². The Morgan fingerprint density at radius 3 is 1.85 bits per heavy atom. The summed E-state index contributed by atoms with van der Waals surface area (Å²) in [4.78, 5) is 1.81. The van der Waals surface area contributed by atoms with E-state index in [9.17, 15) is 5.11 Å². The van der Waals surface area contributed by atoms with Crippen LogP contribution in [0.3, 0.4) is 0 Å². The van der Waals surface area contributed by atoms with Gasteiger partial charge in [-0.25, -0.2) is 0 Å². The first-order chi connectivity index (χ1) is 4.72. The van der Waals surface area contributed by atoms with Crippen LogP contribution in [-0.4, -0.2) is 14.1 Å². The van der Waals surface area contributed by atoms with E-state index in [2.05, 4.69) is 0 Å². The Labute approximate surface area is 110 Å². The normalized spacial score (nSPS) is 7.23. The zero-order valence-corrected chi connectivity index (χ0v) is 11.4. The topological polar surface area (TPSA) is 26.3 Å². The van der Waals surface area contributed by atoms with E-state index in [4.69, 9.17) is 0 Å². The maximum Gasteiger partial charge on any atom is 3.00 e. The maximum atomic E-state index is 11.0. The molecule has 0 amide bonds. The summed E-state index contributed by atoms with van der Waals surface area (Å²) in [7, 11) is 3.72. The van der Waals surface area contributed by atoms with Crippen molar-refractivity contribution < 1.29 is 56.1 Å². The van der Waals surface area contributed by atoms with Gasteiger partial charge in [0.15, 0.2) is 0 Å². The van der Waals surface area contributed by atoms with Crippen molar-refractivity contribution in [3.05, 3.63) is 24.3 Å². The van der Waals surface area contributed by atoms with Crippen molar-refractivity contribution in [2.75, 3.05) is 19.0 Å². The van der Waals surface area contributed by atoms with Crippen LogP contribution in [0.5, 0.6) is 5.75 Å². The molecule has 0 saturated heterocycles. The minimum Gasteiger partial charge on any atom is -1.00 e. The molecule has 1 rings (SSSR count). The molecule has 0 atom stereocenters. The van der Waals surface area contributed by atoms with Crippen molar-refractivity contribution in [1.29, 1.82) is 0 Å². The van der Waals surface area contributed by atoms with E-state index < -0.39 is 0 Å². The fourth-order valence-corrected chi connectivity index (χ4v) is 0.827. The van der Waals surface area contributed by atoms with Crippen LogP contribution in [0, 0.1) is 0 Å². The fraction of sp³-hybridized carbons (Fsp3) is 0.250. The van der Waals surface area contributed by atoms with Crippen LogP contribution in [0.25, 0.3) is 0 Å². The molecule has 0 N–H and O–H groups in total. The van der Waals surface area contributed by atoms with Crippen LogP contribution in [-0.2, 0) is 26.2 Å². The molecule has 0 unspecified atom stereocenters. The predicted octanol–water partition coefficient (Wildman–Crippen LogP) is -5.17. The molecule has 0 bridgehead atoms. The first kappa shape index (κ1) is 19.0. The van der Waals surface area contributed by atoms with Gasteiger partial charge in [-0.1, -0.05) is 23.9 Å². The Hall–Kier alpha value is 0.283. The van der Waals surface area contributed by atoms with Gasteiger partial charge in [0.2, 0.25) is 0 Å². The van der Waals surface area contributed by atoms with E-state index in [1.165, 1.54) is 0 Å². The molecule has 1 radical (unpaired) electrons. The molecular formula is C8H10Cl2NOZr. The Morgan fingerprint density at radius 1 is 1.08 bits per heavy atom. The Kier molecular flexibility index (Phi) is 12.9. The summed E-state index contributed by atoms with van der Waals surface area (Å²) < 4.78 is 0.